The molecule has 4 nitrogen and oxygen atoms in total. The van der Waals surface area contributed by atoms with E-state index >= 15 is 0 Å². The molecule has 2 aromatic rings. The lowest BCUT2D eigenvalue weighted by atomic mass is 10.0. The van der Waals surface area contributed by atoms with Crippen LogP contribution < -0.4 is 10.6 Å². The molecule has 0 heterocycles. The minimum absolute atomic E-state index is 0.297. The van der Waals surface area contributed by atoms with Crippen molar-refractivity contribution >= 4 is 23.2 Å². The maximum Gasteiger partial charge on any atom is 0.240 e. The monoisotopic (exact) mass is 390 g/mol. The van der Waals surface area contributed by atoms with Crippen molar-refractivity contribution in [3.63, 3.8) is 0 Å². The molecule has 2 N–H and O–H groups in total. The van der Waals surface area contributed by atoms with Gasteiger partial charge in [-0.3, -0.25) is 9.59 Å². The molecule has 0 saturated heterocycles. The molecule has 0 bridgehead atoms. The van der Waals surface area contributed by atoms with Gasteiger partial charge < -0.3 is 10.6 Å². The molecule has 0 unspecified atom stereocenters. The van der Waals surface area contributed by atoms with Crippen molar-refractivity contribution in [1.82, 2.24) is 0 Å². The fourth-order valence-electron chi connectivity index (χ4n) is 3.18. The number of halogens is 3. The summed E-state index contributed by atoms with van der Waals surface area (Å²) >= 11 is 0. The van der Waals surface area contributed by atoms with Crippen LogP contribution >= 0.6 is 0 Å². The van der Waals surface area contributed by atoms with E-state index in [9.17, 15) is 22.8 Å². The number of para-hydroxylation sites is 1. The van der Waals surface area contributed by atoms with Gasteiger partial charge >= 0.3 is 0 Å². The highest BCUT2D eigenvalue weighted by Gasteiger charge is 2.56. The van der Waals surface area contributed by atoms with Gasteiger partial charge in [0.05, 0.1) is 5.69 Å². The zero-order chi connectivity index (χ0) is 20.5. The van der Waals surface area contributed by atoms with Gasteiger partial charge in [-0.25, -0.2) is 13.2 Å². The Labute approximate surface area is 161 Å². The van der Waals surface area contributed by atoms with Gasteiger partial charge in [-0.1, -0.05) is 32.0 Å². The van der Waals surface area contributed by atoms with Crippen LogP contribution in [-0.4, -0.2) is 11.8 Å². The van der Waals surface area contributed by atoms with E-state index in [1.165, 1.54) is 0 Å². The van der Waals surface area contributed by atoms with Crippen molar-refractivity contribution < 1.29 is 22.8 Å². The van der Waals surface area contributed by atoms with E-state index in [2.05, 4.69) is 10.6 Å². The molecule has 2 amide bonds. The second-order valence-electron chi connectivity index (χ2n) is 6.87. The topological polar surface area (TPSA) is 58.2 Å². The largest absolute Gasteiger partial charge is 0.325 e. The molecular formula is C21H21F3N2O2. The third kappa shape index (κ3) is 3.48. The van der Waals surface area contributed by atoms with Crippen LogP contribution in [-0.2, 0) is 22.4 Å². The van der Waals surface area contributed by atoms with Gasteiger partial charge in [0.25, 0.3) is 0 Å². The van der Waals surface area contributed by atoms with Crippen LogP contribution in [0.3, 0.4) is 0 Å². The SMILES string of the molecule is CCc1cccc(CC)c1NC(=O)C1(C(=O)Nc2ccc(F)c(F)c2F)CC1. The highest BCUT2D eigenvalue weighted by atomic mass is 19.2. The van der Waals surface area contributed by atoms with Crippen LogP contribution in [0.5, 0.6) is 0 Å². The first-order chi connectivity index (χ1) is 13.3. The van der Waals surface area contributed by atoms with E-state index < -0.39 is 40.4 Å². The maximum atomic E-state index is 13.8. The quantitative estimate of drug-likeness (QED) is 0.560. The summed E-state index contributed by atoms with van der Waals surface area (Å²) in [5, 5.41) is 5.08. The summed E-state index contributed by atoms with van der Waals surface area (Å²) in [6.07, 6.45) is 2.02. The lowest BCUT2D eigenvalue weighted by molar-refractivity contribution is -0.131. The van der Waals surface area contributed by atoms with Gasteiger partial charge in [0, 0.05) is 5.69 Å². The average Bonchev–Trinajstić information content (AvgIpc) is 3.50. The Morgan fingerprint density at radius 1 is 0.893 bits per heavy atom. The van der Waals surface area contributed by atoms with Crippen LogP contribution in [0.2, 0.25) is 0 Å². The summed E-state index contributed by atoms with van der Waals surface area (Å²) in [7, 11) is 0. The molecule has 0 aromatic heterocycles. The standard InChI is InChI=1S/C21H21F3N2O2/c1-3-12-6-5-7-13(4-2)18(12)26-20(28)21(10-11-21)19(27)25-15-9-8-14(22)16(23)17(15)24/h5-9H,3-4,10-11H2,1-2H3,(H,25,27)(H,26,28). The predicted molar refractivity (Wildman–Crippen MR) is 100 cm³/mol. The first-order valence-corrected chi connectivity index (χ1v) is 9.21. The van der Waals surface area contributed by atoms with Gasteiger partial charge in [-0.05, 0) is 48.9 Å². The van der Waals surface area contributed by atoms with Crippen LogP contribution in [0, 0.1) is 22.9 Å². The fraction of sp³-hybridized carbons (Fsp3) is 0.333. The van der Waals surface area contributed by atoms with E-state index in [-0.39, 0.29) is 0 Å². The number of nitrogens with one attached hydrogen (secondary N) is 2. The van der Waals surface area contributed by atoms with E-state index in [1.807, 2.05) is 32.0 Å². The van der Waals surface area contributed by atoms with Crippen molar-refractivity contribution in [2.75, 3.05) is 10.6 Å². The van der Waals surface area contributed by atoms with E-state index in [0.717, 1.165) is 23.3 Å². The van der Waals surface area contributed by atoms with Gasteiger partial charge in [-0.2, -0.15) is 0 Å². The predicted octanol–water partition coefficient (Wildman–Crippen LogP) is 4.59. The number of aryl methyl sites for hydroxylation is 2. The summed E-state index contributed by atoms with van der Waals surface area (Å²) in [6, 6.07) is 7.38. The summed E-state index contributed by atoms with van der Waals surface area (Å²) in [6.45, 7) is 3.94. The van der Waals surface area contributed by atoms with Crippen molar-refractivity contribution in [2.45, 2.75) is 39.5 Å². The zero-order valence-corrected chi connectivity index (χ0v) is 15.7. The average molecular weight is 390 g/mol. The van der Waals surface area contributed by atoms with Gasteiger partial charge in [0.2, 0.25) is 11.8 Å². The Hall–Kier alpha value is -2.83. The van der Waals surface area contributed by atoms with Crippen molar-refractivity contribution in [2.24, 2.45) is 5.41 Å². The van der Waals surface area contributed by atoms with Crippen molar-refractivity contribution in [1.29, 1.82) is 0 Å². The number of hydrogen-bond donors (Lipinski definition) is 2. The van der Waals surface area contributed by atoms with Crippen molar-refractivity contribution in [3.05, 3.63) is 58.9 Å². The molecular weight excluding hydrogens is 369 g/mol. The molecule has 28 heavy (non-hydrogen) atoms. The Kier molecular flexibility index (Phi) is 5.45. The molecule has 1 aliphatic rings. The molecule has 3 rings (SSSR count). The third-order valence-corrected chi connectivity index (χ3v) is 5.14. The summed E-state index contributed by atoms with van der Waals surface area (Å²) in [4.78, 5) is 25.5. The Balaban J connectivity index is 1.81. The minimum Gasteiger partial charge on any atom is -0.325 e. The molecule has 2 aromatic carbocycles. The van der Waals surface area contributed by atoms with E-state index in [1.54, 1.807) is 0 Å². The van der Waals surface area contributed by atoms with Crippen LogP contribution in [0.4, 0.5) is 24.5 Å². The number of amides is 2. The summed E-state index contributed by atoms with van der Waals surface area (Å²) in [5.41, 5.74) is 0.760. The Morgan fingerprint density at radius 2 is 1.46 bits per heavy atom. The molecule has 0 atom stereocenters. The second-order valence-corrected chi connectivity index (χ2v) is 6.87. The lowest BCUT2D eigenvalue weighted by Gasteiger charge is -2.19. The van der Waals surface area contributed by atoms with Crippen molar-refractivity contribution in [3.8, 4) is 0 Å². The lowest BCUT2D eigenvalue weighted by Crippen LogP contribution is -2.36. The molecule has 0 radical (unpaired) electrons. The zero-order valence-electron chi connectivity index (χ0n) is 15.7. The number of carbonyl (C=O) groups is 2. The number of anilines is 2. The van der Waals surface area contributed by atoms with Crippen LogP contribution in [0.15, 0.2) is 30.3 Å². The highest BCUT2D eigenvalue weighted by molar-refractivity contribution is 6.17. The Bertz CT molecular complexity index is 917. The molecule has 1 saturated carbocycles. The molecule has 0 aliphatic heterocycles. The number of hydrogen-bond acceptors (Lipinski definition) is 2. The van der Waals surface area contributed by atoms with Gasteiger partial charge in [0.1, 0.15) is 5.41 Å². The minimum atomic E-state index is -1.67. The third-order valence-electron chi connectivity index (χ3n) is 5.14. The molecule has 7 heteroatoms. The normalized spacial score (nSPS) is 14.5. The van der Waals surface area contributed by atoms with Crippen LogP contribution in [0.1, 0.15) is 37.8 Å². The maximum absolute atomic E-state index is 13.8. The molecule has 1 fully saturated rings. The van der Waals surface area contributed by atoms with Crippen LogP contribution in [0.25, 0.3) is 0 Å². The number of carbonyl (C=O) groups excluding carboxylic acids is 2. The van der Waals surface area contributed by atoms with Gasteiger partial charge in [-0.15, -0.1) is 0 Å². The molecule has 0 spiro atoms. The smallest absolute Gasteiger partial charge is 0.240 e. The number of rotatable bonds is 6. The van der Waals surface area contributed by atoms with E-state index in [4.69, 9.17) is 0 Å². The summed E-state index contributed by atoms with van der Waals surface area (Å²) in [5.74, 6) is -5.73. The number of benzene rings is 2. The second kappa shape index (κ2) is 7.66. The summed E-state index contributed by atoms with van der Waals surface area (Å²) < 4.78 is 40.3. The molecule has 1 aliphatic carbocycles. The van der Waals surface area contributed by atoms with Gasteiger partial charge in [0.15, 0.2) is 17.5 Å². The first-order valence-electron chi connectivity index (χ1n) is 9.21. The highest BCUT2D eigenvalue weighted by Crippen LogP contribution is 2.48. The molecule has 148 valence electrons. The fourth-order valence-corrected chi connectivity index (χ4v) is 3.18. The Morgan fingerprint density at radius 3 is 2.00 bits per heavy atom. The first kappa shape index (κ1) is 19.9. The van der Waals surface area contributed by atoms with E-state index in [0.29, 0.717) is 31.4 Å².